The molecule has 2 amide bonds. The summed E-state index contributed by atoms with van der Waals surface area (Å²) in [6, 6.07) is 14.3. The van der Waals surface area contributed by atoms with Gasteiger partial charge in [0.15, 0.2) is 0 Å². The maximum absolute atomic E-state index is 13.9. The Morgan fingerprint density at radius 1 is 1.07 bits per heavy atom. The van der Waals surface area contributed by atoms with Crippen molar-refractivity contribution in [1.82, 2.24) is 14.9 Å². The van der Waals surface area contributed by atoms with Crippen molar-refractivity contribution in [2.45, 2.75) is 84.8 Å². The number of hydrogen-bond donors (Lipinski definition) is 3. The van der Waals surface area contributed by atoms with Gasteiger partial charge >= 0.3 is 0 Å². The van der Waals surface area contributed by atoms with Crippen LogP contribution in [0.1, 0.15) is 72.4 Å². The maximum Gasteiger partial charge on any atom is 0.245 e. The minimum absolute atomic E-state index is 0.0122. The number of likely N-dealkylation sites (N-methyl/N-ethyl adjacent to an activating group) is 1. The number of carbonyl (C=O) groups is 2. The van der Waals surface area contributed by atoms with Crippen LogP contribution >= 0.6 is 0 Å². The molecular formula is C31H45FN4O4S. The number of nitrogens with two attached hydrogens (primary N) is 1. The number of halogens is 1. The van der Waals surface area contributed by atoms with Crippen LogP contribution in [0.3, 0.4) is 0 Å². The molecule has 2 aromatic carbocycles. The number of amides is 2. The van der Waals surface area contributed by atoms with E-state index in [1.165, 1.54) is 24.3 Å². The summed E-state index contributed by atoms with van der Waals surface area (Å²) in [4.78, 5) is 28.2. The van der Waals surface area contributed by atoms with Crippen LogP contribution in [-0.4, -0.2) is 55.3 Å². The van der Waals surface area contributed by atoms with Crippen molar-refractivity contribution >= 4 is 26.7 Å². The fourth-order valence-electron chi connectivity index (χ4n) is 4.61. The third-order valence-corrected chi connectivity index (χ3v) is 8.62. The quantitative estimate of drug-likeness (QED) is 0.360. The Bertz CT molecular complexity index is 1320. The van der Waals surface area contributed by atoms with Gasteiger partial charge in [0, 0.05) is 13.1 Å². The average Bonchev–Trinajstić information content (AvgIpc) is 3.10. The van der Waals surface area contributed by atoms with E-state index in [0.717, 1.165) is 12.0 Å². The molecule has 2 aromatic rings. The highest BCUT2D eigenvalue weighted by Gasteiger charge is 2.44. The number of aryl methyl sites for hydroxylation is 1. The molecule has 226 valence electrons. The predicted octanol–water partition coefficient (Wildman–Crippen LogP) is 4.37. The Kier molecular flexibility index (Phi) is 11.8. The highest BCUT2D eigenvalue weighted by molar-refractivity contribution is 7.99. The molecule has 10 heteroatoms. The molecule has 1 aliphatic rings. The summed E-state index contributed by atoms with van der Waals surface area (Å²) in [5, 5.41) is 2.82. The molecule has 0 radical (unpaired) electrons. The number of nitrogens with one attached hydrogen (secondary N) is 2. The second kappa shape index (κ2) is 14.2. The van der Waals surface area contributed by atoms with Crippen LogP contribution in [0.5, 0.6) is 0 Å². The molecular weight excluding hydrogens is 543 g/mol. The lowest BCUT2D eigenvalue weighted by molar-refractivity contribution is -0.137. The summed E-state index contributed by atoms with van der Waals surface area (Å²) in [5.74, 6) is -1.26. The van der Waals surface area contributed by atoms with Crippen molar-refractivity contribution in [2.24, 2.45) is 5.73 Å². The molecule has 0 saturated heterocycles. The van der Waals surface area contributed by atoms with Crippen molar-refractivity contribution in [3.8, 4) is 0 Å². The van der Waals surface area contributed by atoms with E-state index in [0.29, 0.717) is 24.0 Å². The van der Waals surface area contributed by atoms with Crippen molar-refractivity contribution < 1.29 is 22.4 Å². The molecule has 1 heterocycles. The summed E-state index contributed by atoms with van der Waals surface area (Å²) in [7, 11) is -3.91. The highest BCUT2D eigenvalue weighted by atomic mass is 32.2. The number of sulfonamides is 1. The topological polar surface area (TPSA) is 122 Å². The van der Waals surface area contributed by atoms with Crippen molar-refractivity contribution in [2.75, 3.05) is 13.1 Å². The molecule has 0 fully saturated rings. The van der Waals surface area contributed by atoms with E-state index in [2.05, 4.69) is 10.0 Å². The standard InChI is InChI=1S/C29H39FN4O4S.C2H6/c1-6-34(19-23-25(21-15-17-22(30)18-16-21)39(37,38)33-29(23,4)5)26(35)24(32-27(36)28(2,3)31)14-10-13-20-11-8-7-9-12-20;1-2/h7-9,11-12,15-18,24,33H,6,10,13-14,19,31H2,1-5H3,(H,32,36);1-2H3/t24-;/m1./s1. The highest BCUT2D eigenvalue weighted by Crippen LogP contribution is 2.38. The second-order valence-corrected chi connectivity index (χ2v) is 12.6. The molecule has 41 heavy (non-hydrogen) atoms. The van der Waals surface area contributed by atoms with Gasteiger partial charge in [0.2, 0.25) is 21.8 Å². The third-order valence-electron chi connectivity index (χ3n) is 6.83. The van der Waals surface area contributed by atoms with Gasteiger partial charge in [0.25, 0.3) is 0 Å². The first kappa shape index (κ1) is 34.1. The number of nitrogens with zero attached hydrogens (tertiary/aromatic N) is 1. The van der Waals surface area contributed by atoms with Gasteiger partial charge in [-0.05, 0) is 82.7 Å². The monoisotopic (exact) mass is 588 g/mol. The van der Waals surface area contributed by atoms with Gasteiger partial charge in [0.05, 0.1) is 16.0 Å². The summed E-state index contributed by atoms with van der Waals surface area (Å²) in [6.45, 7) is 12.7. The van der Waals surface area contributed by atoms with E-state index in [1.807, 2.05) is 44.2 Å². The van der Waals surface area contributed by atoms with Crippen LogP contribution in [0.2, 0.25) is 0 Å². The lowest BCUT2D eigenvalue weighted by Crippen LogP contribution is -2.56. The lowest BCUT2D eigenvalue weighted by atomic mass is 9.92. The van der Waals surface area contributed by atoms with Gasteiger partial charge in [0.1, 0.15) is 11.9 Å². The summed E-state index contributed by atoms with van der Waals surface area (Å²) < 4.78 is 42.5. The van der Waals surface area contributed by atoms with Crippen LogP contribution in [0.15, 0.2) is 60.2 Å². The number of benzene rings is 2. The van der Waals surface area contributed by atoms with E-state index >= 15 is 0 Å². The maximum atomic E-state index is 13.9. The fraction of sp³-hybridized carbons (Fsp3) is 0.484. The molecule has 3 rings (SSSR count). The van der Waals surface area contributed by atoms with E-state index < -0.39 is 38.9 Å². The molecule has 0 saturated carbocycles. The Hall–Kier alpha value is -3.08. The van der Waals surface area contributed by atoms with E-state index in [4.69, 9.17) is 5.73 Å². The molecule has 0 unspecified atom stereocenters. The zero-order chi connectivity index (χ0) is 31.0. The average molecular weight is 589 g/mol. The van der Waals surface area contributed by atoms with Crippen molar-refractivity contribution in [1.29, 1.82) is 0 Å². The summed E-state index contributed by atoms with van der Waals surface area (Å²) in [6.07, 6.45) is 1.76. The molecule has 8 nitrogen and oxygen atoms in total. The van der Waals surface area contributed by atoms with Crippen LogP contribution in [0.4, 0.5) is 4.39 Å². The smallest absolute Gasteiger partial charge is 0.245 e. The number of carbonyl (C=O) groups excluding carboxylic acids is 2. The summed E-state index contributed by atoms with van der Waals surface area (Å²) in [5.41, 5.74) is 5.78. The van der Waals surface area contributed by atoms with Crippen LogP contribution in [-0.2, 0) is 26.0 Å². The SMILES string of the molecule is CC.CCN(CC1=C(c2ccc(F)cc2)S(=O)(=O)NC1(C)C)C(=O)[C@@H](CCCc1ccccc1)NC(=O)C(C)(C)N. The van der Waals surface area contributed by atoms with E-state index in [-0.39, 0.29) is 23.9 Å². The Morgan fingerprint density at radius 2 is 1.66 bits per heavy atom. The number of hydrogen-bond acceptors (Lipinski definition) is 5. The first-order valence-electron chi connectivity index (χ1n) is 14.1. The Labute approximate surface area is 244 Å². The first-order valence-corrected chi connectivity index (χ1v) is 15.6. The lowest BCUT2D eigenvalue weighted by Gasteiger charge is -2.32. The van der Waals surface area contributed by atoms with Gasteiger partial charge in [-0.25, -0.2) is 17.5 Å². The largest absolute Gasteiger partial charge is 0.343 e. The van der Waals surface area contributed by atoms with Gasteiger partial charge in [-0.1, -0.05) is 56.3 Å². The zero-order valence-corrected chi connectivity index (χ0v) is 26.1. The molecule has 0 aliphatic carbocycles. The third kappa shape index (κ3) is 8.95. The van der Waals surface area contributed by atoms with Crippen LogP contribution in [0.25, 0.3) is 4.91 Å². The molecule has 4 N–H and O–H groups in total. The normalized spacial score (nSPS) is 16.4. The fourth-order valence-corrected chi connectivity index (χ4v) is 6.60. The first-order chi connectivity index (χ1) is 19.2. The molecule has 0 spiro atoms. The molecule has 1 atom stereocenters. The van der Waals surface area contributed by atoms with Crippen LogP contribution in [0, 0.1) is 5.82 Å². The van der Waals surface area contributed by atoms with Gasteiger partial charge < -0.3 is 16.0 Å². The molecule has 0 bridgehead atoms. The minimum Gasteiger partial charge on any atom is -0.343 e. The van der Waals surface area contributed by atoms with Crippen molar-refractivity contribution in [3.63, 3.8) is 0 Å². The second-order valence-electron chi connectivity index (χ2n) is 11.0. The van der Waals surface area contributed by atoms with Gasteiger partial charge in [-0.15, -0.1) is 0 Å². The van der Waals surface area contributed by atoms with E-state index in [1.54, 1.807) is 39.5 Å². The van der Waals surface area contributed by atoms with Gasteiger partial charge in [-0.2, -0.15) is 0 Å². The Morgan fingerprint density at radius 3 is 2.20 bits per heavy atom. The number of rotatable bonds is 11. The molecule has 0 aromatic heterocycles. The Balaban J connectivity index is 0.00000287. The zero-order valence-electron chi connectivity index (χ0n) is 25.3. The summed E-state index contributed by atoms with van der Waals surface area (Å²) >= 11 is 0. The molecule has 1 aliphatic heterocycles. The van der Waals surface area contributed by atoms with E-state index in [9.17, 15) is 22.4 Å². The predicted molar refractivity (Wildman–Crippen MR) is 163 cm³/mol. The minimum atomic E-state index is -3.91. The van der Waals surface area contributed by atoms with Gasteiger partial charge in [-0.3, -0.25) is 9.59 Å². The van der Waals surface area contributed by atoms with Crippen LogP contribution < -0.4 is 15.8 Å². The van der Waals surface area contributed by atoms with Crippen molar-refractivity contribution in [3.05, 3.63) is 77.1 Å².